The van der Waals surface area contributed by atoms with Crippen LogP contribution >= 0.6 is 11.3 Å². The minimum Gasteiger partial charge on any atom is -0.368 e. The molecule has 0 bridgehead atoms. The lowest BCUT2D eigenvalue weighted by molar-refractivity contribution is -0.384. The molecule has 0 atom stereocenters. The second-order valence-electron chi connectivity index (χ2n) is 7.03. The van der Waals surface area contributed by atoms with Crippen molar-refractivity contribution < 1.29 is 9.72 Å². The zero-order valence-electron chi connectivity index (χ0n) is 16.2. The largest absolute Gasteiger partial charge is 0.368 e. The van der Waals surface area contributed by atoms with Gasteiger partial charge < -0.3 is 9.80 Å². The fourth-order valence-corrected chi connectivity index (χ4v) is 4.32. The normalized spacial score (nSPS) is 14.3. The number of amides is 1. The minimum absolute atomic E-state index is 0.0199. The first-order chi connectivity index (χ1) is 13.9. The average molecular weight is 411 g/mol. The Morgan fingerprint density at radius 1 is 1.14 bits per heavy atom. The van der Waals surface area contributed by atoms with Crippen LogP contribution in [-0.4, -0.2) is 51.7 Å². The van der Waals surface area contributed by atoms with E-state index in [1.165, 1.54) is 17.4 Å². The van der Waals surface area contributed by atoms with Crippen LogP contribution in [0.5, 0.6) is 0 Å². The maximum Gasteiger partial charge on any atom is 0.295 e. The Bertz CT molecular complexity index is 1050. The number of piperazine rings is 1. The summed E-state index contributed by atoms with van der Waals surface area (Å²) >= 11 is 1.45. The van der Waals surface area contributed by atoms with Crippen molar-refractivity contribution >= 4 is 28.6 Å². The number of hydrogen-bond acceptors (Lipinski definition) is 6. The Labute approximate surface area is 172 Å². The molecule has 9 heteroatoms. The second kappa shape index (κ2) is 7.67. The van der Waals surface area contributed by atoms with Crippen LogP contribution in [0.3, 0.4) is 0 Å². The van der Waals surface area contributed by atoms with Crippen molar-refractivity contribution in [3.63, 3.8) is 0 Å². The number of aryl methyl sites for hydroxylation is 2. The quantitative estimate of drug-likeness (QED) is 0.485. The molecule has 1 aromatic carbocycles. The fourth-order valence-electron chi connectivity index (χ4n) is 3.63. The third kappa shape index (κ3) is 3.73. The van der Waals surface area contributed by atoms with E-state index < -0.39 is 0 Å². The summed E-state index contributed by atoms with van der Waals surface area (Å²) in [5, 5.41) is 17.9. The highest BCUT2D eigenvalue weighted by Gasteiger charge is 2.25. The van der Waals surface area contributed by atoms with Crippen LogP contribution in [-0.2, 0) is 0 Å². The summed E-state index contributed by atoms with van der Waals surface area (Å²) in [5.41, 5.74) is 3.01. The zero-order chi connectivity index (χ0) is 20.5. The van der Waals surface area contributed by atoms with Crippen LogP contribution in [0.15, 0.2) is 41.8 Å². The Morgan fingerprint density at radius 3 is 2.48 bits per heavy atom. The first-order valence-electron chi connectivity index (χ1n) is 9.34. The molecule has 1 aliphatic rings. The van der Waals surface area contributed by atoms with Gasteiger partial charge in [-0.15, -0.1) is 11.3 Å². The molecule has 150 valence electrons. The lowest BCUT2D eigenvalue weighted by Crippen LogP contribution is -2.48. The molecule has 1 amide bonds. The van der Waals surface area contributed by atoms with Crippen molar-refractivity contribution in [1.29, 1.82) is 0 Å². The number of carbonyl (C=O) groups is 1. The van der Waals surface area contributed by atoms with Crippen molar-refractivity contribution in [3.8, 4) is 5.69 Å². The fraction of sp³-hybridized carbons (Fsp3) is 0.300. The van der Waals surface area contributed by atoms with E-state index in [4.69, 9.17) is 0 Å². The van der Waals surface area contributed by atoms with Gasteiger partial charge in [-0.05, 0) is 43.5 Å². The van der Waals surface area contributed by atoms with E-state index in [2.05, 4.69) is 10.00 Å². The highest BCUT2D eigenvalue weighted by Crippen LogP contribution is 2.30. The third-order valence-electron chi connectivity index (χ3n) is 5.06. The average Bonchev–Trinajstić information content (AvgIpc) is 3.36. The van der Waals surface area contributed by atoms with Gasteiger partial charge in [0.15, 0.2) is 0 Å². The van der Waals surface area contributed by atoms with Crippen molar-refractivity contribution in [2.75, 3.05) is 31.1 Å². The van der Waals surface area contributed by atoms with Gasteiger partial charge in [-0.2, -0.15) is 5.10 Å². The molecule has 1 aliphatic heterocycles. The molecule has 8 nitrogen and oxygen atoms in total. The van der Waals surface area contributed by atoms with Gasteiger partial charge in [-0.25, -0.2) is 4.68 Å². The van der Waals surface area contributed by atoms with E-state index in [1.54, 1.807) is 10.7 Å². The Morgan fingerprint density at radius 2 is 1.90 bits per heavy atom. The molecule has 4 rings (SSSR count). The molecule has 1 saturated heterocycles. The SMILES string of the molecule is Cc1cc(C)n(-c2cc(N3CCN(C(=O)c4cccs4)CC3)ccc2[N+](=O)[O-])n1. The zero-order valence-corrected chi connectivity index (χ0v) is 17.1. The molecule has 1 fully saturated rings. The monoisotopic (exact) mass is 411 g/mol. The minimum atomic E-state index is -0.382. The Kier molecular flexibility index (Phi) is 5.06. The molecule has 0 spiro atoms. The number of thiophene rings is 1. The number of nitro benzene ring substituents is 1. The Hall–Kier alpha value is -3.20. The molecule has 3 heterocycles. The summed E-state index contributed by atoms with van der Waals surface area (Å²) in [4.78, 5) is 28.4. The third-order valence-corrected chi connectivity index (χ3v) is 5.92. The molecular weight excluding hydrogens is 390 g/mol. The molecule has 3 aromatic rings. The molecule has 0 saturated carbocycles. The lowest BCUT2D eigenvalue weighted by Gasteiger charge is -2.36. The Balaban J connectivity index is 1.57. The van der Waals surface area contributed by atoms with Gasteiger partial charge >= 0.3 is 0 Å². The van der Waals surface area contributed by atoms with Crippen LogP contribution in [0.4, 0.5) is 11.4 Å². The van der Waals surface area contributed by atoms with Crippen molar-refractivity contribution in [2.24, 2.45) is 0 Å². The molecule has 0 unspecified atom stereocenters. The number of anilines is 1. The number of benzene rings is 1. The summed E-state index contributed by atoms with van der Waals surface area (Å²) in [6.07, 6.45) is 0. The van der Waals surface area contributed by atoms with E-state index in [1.807, 2.05) is 48.4 Å². The van der Waals surface area contributed by atoms with Gasteiger partial charge in [0.05, 0.1) is 15.5 Å². The molecular formula is C20H21N5O3S. The first-order valence-corrected chi connectivity index (χ1v) is 10.2. The topological polar surface area (TPSA) is 84.5 Å². The van der Waals surface area contributed by atoms with Gasteiger partial charge in [0, 0.05) is 43.6 Å². The molecule has 2 aromatic heterocycles. The van der Waals surface area contributed by atoms with Crippen LogP contribution in [0.2, 0.25) is 0 Å². The number of nitrogens with zero attached hydrogens (tertiary/aromatic N) is 5. The van der Waals surface area contributed by atoms with Gasteiger partial charge in [0.1, 0.15) is 5.69 Å². The maximum atomic E-state index is 12.5. The number of hydrogen-bond donors (Lipinski definition) is 0. The maximum absolute atomic E-state index is 12.5. The van der Waals surface area contributed by atoms with Gasteiger partial charge in [0.2, 0.25) is 0 Å². The van der Waals surface area contributed by atoms with Crippen LogP contribution in [0.25, 0.3) is 5.69 Å². The second-order valence-corrected chi connectivity index (χ2v) is 7.97. The van der Waals surface area contributed by atoms with Crippen molar-refractivity contribution in [2.45, 2.75) is 13.8 Å². The number of nitro groups is 1. The number of rotatable bonds is 4. The summed E-state index contributed by atoms with van der Waals surface area (Å²) in [7, 11) is 0. The smallest absolute Gasteiger partial charge is 0.295 e. The van der Waals surface area contributed by atoms with Crippen molar-refractivity contribution in [1.82, 2.24) is 14.7 Å². The molecule has 29 heavy (non-hydrogen) atoms. The highest BCUT2D eigenvalue weighted by atomic mass is 32.1. The number of carbonyl (C=O) groups excluding carboxylic acids is 1. The van der Waals surface area contributed by atoms with Crippen LogP contribution < -0.4 is 4.90 Å². The van der Waals surface area contributed by atoms with Gasteiger partial charge in [-0.3, -0.25) is 14.9 Å². The van der Waals surface area contributed by atoms with Crippen LogP contribution in [0, 0.1) is 24.0 Å². The number of aromatic nitrogens is 2. The van der Waals surface area contributed by atoms with E-state index in [0.717, 1.165) is 22.0 Å². The van der Waals surface area contributed by atoms with Gasteiger partial charge in [-0.1, -0.05) is 6.07 Å². The lowest BCUT2D eigenvalue weighted by atomic mass is 10.2. The highest BCUT2D eigenvalue weighted by molar-refractivity contribution is 7.12. The summed E-state index contributed by atoms with van der Waals surface area (Å²) in [6, 6.07) is 10.7. The summed E-state index contributed by atoms with van der Waals surface area (Å²) < 4.78 is 1.62. The van der Waals surface area contributed by atoms with E-state index >= 15 is 0 Å². The molecule has 0 radical (unpaired) electrons. The van der Waals surface area contributed by atoms with E-state index in [0.29, 0.717) is 31.9 Å². The predicted molar refractivity (Wildman–Crippen MR) is 112 cm³/mol. The summed E-state index contributed by atoms with van der Waals surface area (Å²) in [6.45, 7) is 6.32. The predicted octanol–water partition coefficient (Wildman–Crippen LogP) is 3.42. The molecule has 0 N–H and O–H groups in total. The van der Waals surface area contributed by atoms with Crippen LogP contribution in [0.1, 0.15) is 21.1 Å². The standard InChI is InChI=1S/C20H21N5O3S/c1-14-12-15(2)24(21-14)18-13-16(5-6-17(18)25(27)28)22-7-9-23(10-8-22)20(26)19-4-3-11-29-19/h3-6,11-13H,7-10H2,1-2H3. The van der Waals surface area contributed by atoms with E-state index in [9.17, 15) is 14.9 Å². The first kappa shape index (κ1) is 19.1. The van der Waals surface area contributed by atoms with Gasteiger partial charge in [0.25, 0.3) is 11.6 Å². The summed E-state index contributed by atoms with van der Waals surface area (Å²) in [5.74, 6) is 0.0617. The molecule has 0 aliphatic carbocycles. The van der Waals surface area contributed by atoms with E-state index in [-0.39, 0.29) is 16.5 Å². The van der Waals surface area contributed by atoms with Crippen molar-refractivity contribution in [3.05, 3.63) is 68.2 Å².